The Hall–Kier alpha value is -2.13. The zero-order valence-electron chi connectivity index (χ0n) is 17.3. The van der Waals surface area contributed by atoms with Crippen LogP contribution >= 0.6 is 0 Å². The van der Waals surface area contributed by atoms with Crippen molar-refractivity contribution in [3.63, 3.8) is 0 Å². The van der Waals surface area contributed by atoms with Crippen molar-refractivity contribution in [2.24, 2.45) is 5.92 Å². The topological polar surface area (TPSA) is 102 Å². The van der Waals surface area contributed by atoms with Crippen LogP contribution in [-0.4, -0.2) is 42.3 Å². The third-order valence-corrected chi connectivity index (χ3v) is 8.26. The Morgan fingerprint density at radius 3 is 2.53 bits per heavy atom. The molecule has 1 aliphatic carbocycles. The van der Waals surface area contributed by atoms with Crippen molar-refractivity contribution in [3.05, 3.63) is 28.7 Å². The van der Waals surface area contributed by atoms with Crippen LogP contribution < -0.4 is 11.1 Å². The fourth-order valence-corrected chi connectivity index (χ4v) is 6.11. The summed E-state index contributed by atoms with van der Waals surface area (Å²) in [5.74, 6) is -0.195. The largest absolute Gasteiger partial charge is 0.419 e. The number of benzene rings is 1. The maximum Gasteiger partial charge on any atom is 0.419 e. The predicted molar refractivity (Wildman–Crippen MR) is 113 cm³/mol. The van der Waals surface area contributed by atoms with Gasteiger partial charge in [0, 0.05) is 38.2 Å². The van der Waals surface area contributed by atoms with Gasteiger partial charge in [-0.15, -0.1) is 0 Å². The van der Waals surface area contributed by atoms with Crippen molar-refractivity contribution >= 4 is 27.0 Å². The van der Waals surface area contributed by atoms with E-state index in [9.17, 15) is 18.0 Å². The Balaban J connectivity index is 1.39. The SMILES string of the molecule is CCn1c(=O)oc2cc(S(=O)(=O)N3CCC(CC(=O)NC4CCCC4)CC3)ccc21. The number of carbonyl (C=O) groups is 1. The molecule has 1 aromatic carbocycles. The number of nitrogens with zero attached hydrogens (tertiary/aromatic N) is 2. The molecule has 0 bridgehead atoms. The molecule has 1 saturated carbocycles. The Labute approximate surface area is 176 Å². The van der Waals surface area contributed by atoms with Gasteiger partial charge in [0.25, 0.3) is 0 Å². The molecule has 164 valence electrons. The summed E-state index contributed by atoms with van der Waals surface area (Å²) in [6, 6.07) is 4.89. The molecule has 0 unspecified atom stereocenters. The van der Waals surface area contributed by atoms with Crippen LogP contribution in [0, 0.1) is 5.92 Å². The van der Waals surface area contributed by atoms with E-state index in [1.54, 1.807) is 6.07 Å². The number of hydrogen-bond donors (Lipinski definition) is 1. The van der Waals surface area contributed by atoms with Crippen molar-refractivity contribution in [2.75, 3.05) is 13.1 Å². The summed E-state index contributed by atoms with van der Waals surface area (Å²) in [5.41, 5.74) is 0.870. The van der Waals surface area contributed by atoms with Gasteiger partial charge >= 0.3 is 5.76 Å². The number of aryl methyl sites for hydroxylation is 1. The van der Waals surface area contributed by atoms with Gasteiger partial charge in [-0.1, -0.05) is 12.8 Å². The summed E-state index contributed by atoms with van der Waals surface area (Å²) in [7, 11) is -3.67. The van der Waals surface area contributed by atoms with Crippen LogP contribution in [0.5, 0.6) is 0 Å². The van der Waals surface area contributed by atoms with Gasteiger partial charge in [-0.3, -0.25) is 9.36 Å². The van der Waals surface area contributed by atoms with E-state index >= 15 is 0 Å². The van der Waals surface area contributed by atoms with E-state index in [0.717, 1.165) is 12.8 Å². The van der Waals surface area contributed by atoms with Gasteiger partial charge < -0.3 is 9.73 Å². The van der Waals surface area contributed by atoms with E-state index < -0.39 is 15.8 Å². The zero-order chi connectivity index (χ0) is 21.3. The number of amides is 1. The van der Waals surface area contributed by atoms with Crippen LogP contribution in [0.4, 0.5) is 0 Å². The Kier molecular flexibility index (Phi) is 6.02. The monoisotopic (exact) mass is 435 g/mol. The molecule has 0 spiro atoms. The molecule has 2 heterocycles. The summed E-state index contributed by atoms with van der Waals surface area (Å²) in [6.07, 6.45) is 6.29. The smallest absolute Gasteiger partial charge is 0.408 e. The lowest BCUT2D eigenvalue weighted by Gasteiger charge is -2.31. The summed E-state index contributed by atoms with van der Waals surface area (Å²) >= 11 is 0. The van der Waals surface area contributed by atoms with Crippen molar-refractivity contribution in [3.8, 4) is 0 Å². The van der Waals surface area contributed by atoms with Crippen molar-refractivity contribution in [2.45, 2.75) is 69.4 Å². The van der Waals surface area contributed by atoms with E-state index in [1.165, 1.54) is 33.8 Å². The van der Waals surface area contributed by atoms with Crippen molar-refractivity contribution in [1.29, 1.82) is 0 Å². The van der Waals surface area contributed by atoms with Crippen LogP contribution in [0.2, 0.25) is 0 Å². The van der Waals surface area contributed by atoms with E-state index in [-0.39, 0.29) is 22.3 Å². The van der Waals surface area contributed by atoms with Gasteiger partial charge in [0.1, 0.15) is 0 Å². The predicted octanol–water partition coefficient (Wildman–Crippen LogP) is 2.46. The average Bonchev–Trinajstić information content (AvgIpc) is 3.34. The lowest BCUT2D eigenvalue weighted by atomic mass is 9.94. The van der Waals surface area contributed by atoms with Crippen LogP contribution in [0.25, 0.3) is 11.1 Å². The molecule has 1 amide bonds. The summed E-state index contributed by atoms with van der Waals surface area (Å²) in [5, 5.41) is 3.11. The van der Waals surface area contributed by atoms with Gasteiger partial charge in [0.15, 0.2) is 5.58 Å². The maximum absolute atomic E-state index is 13.1. The minimum Gasteiger partial charge on any atom is -0.408 e. The van der Waals surface area contributed by atoms with E-state index in [4.69, 9.17) is 4.42 Å². The van der Waals surface area contributed by atoms with Crippen molar-refractivity contribution < 1.29 is 17.6 Å². The first-order valence-corrected chi connectivity index (χ1v) is 12.3. The molecule has 4 rings (SSSR count). The molecule has 9 heteroatoms. The molecule has 30 heavy (non-hydrogen) atoms. The van der Waals surface area contributed by atoms with Crippen LogP contribution in [0.15, 0.2) is 32.3 Å². The number of nitrogens with one attached hydrogen (secondary N) is 1. The summed E-state index contributed by atoms with van der Waals surface area (Å²) < 4.78 is 34.3. The Morgan fingerprint density at radius 1 is 1.17 bits per heavy atom. The number of hydrogen-bond acceptors (Lipinski definition) is 5. The lowest BCUT2D eigenvalue weighted by molar-refractivity contribution is -0.122. The summed E-state index contributed by atoms with van der Waals surface area (Å²) in [6.45, 7) is 3.07. The fraction of sp³-hybridized carbons (Fsp3) is 0.619. The number of rotatable bonds is 6. The van der Waals surface area contributed by atoms with E-state index in [0.29, 0.717) is 50.5 Å². The molecular weight excluding hydrogens is 406 g/mol. The fourth-order valence-electron chi connectivity index (χ4n) is 4.63. The number of fused-ring (bicyclic) bond motifs is 1. The van der Waals surface area contributed by atoms with Gasteiger partial charge in [0.2, 0.25) is 15.9 Å². The number of oxazole rings is 1. The Bertz CT molecular complexity index is 1070. The second kappa shape index (κ2) is 8.55. The molecule has 1 aliphatic heterocycles. The minimum absolute atomic E-state index is 0.0872. The molecule has 2 aromatic rings. The molecule has 8 nitrogen and oxygen atoms in total. The van der Waals surface area contributed by atoms with Gasteiger partial charge in [-0.2, -0.15) is 4.31 Å². The number of sulfonamides is 1. The molecule has 2 aliphatic rings. The maximum atomic E-state index is 13.1. The second-order valence-corrected chi connectivity index (χ2v) is 10.3. The number of carbonyl (C=O) groups excluding carboxylic acids is 1. The van der Waals surface area contributed by atoms with Crippen LogP contribution in [0.1, 0.15) is 51.9 Å². The molecule has 2 fully saturated rings. The first-order valence-electron chi connectivity index (χ1n) is 10.8. The first kappa shape index (κ1) is 21.1. The zero-order valence-corrected chi connectivity index (χ0v) is 18.1. The normalized spacial score (nSPS) is 19.5. The molecule has 1 N–H and O–H groups in total. The van der Waals surface area contributed by atoms with Crippen molar-refractivity contribution in [1.82, 2.24) is 14.2 Å². The average molecular weight is 436 g/mol. The highest BCUT2D eigenvalue weighted by Gasteiger charge is 2.31. The van der Waals surface area contributed by atoms with E-state index in [1.807, 2.05) is 6.92 Å². The third-order valence-electron chi connectivity index (χ3n) is 6.36. The lowest BCUT2D eigenvalue weighted by Crippen LogP contribution is -2.40. The highest BCUT2D eigenvalue weighted by Crippen LogP contribution is 2.27. The number of aromatic nitrogens is 1. The molecule has 1 saturated heterocycles. The van der Waals surface area contributed by atoms with Crippen LogP contribution in [-0.2, 0) is 21.4 Å². The Morgan fingerprint density at radius 2 is 1.87 bits per heavy atom. The molecular formula is C21H29N3O5S. The number of piperidine rings is 1. The summed E-state index contributed by atoms with van der Waals surface area (Å²) in [4.78, 5) is 24.3. The molecule has 0 atom stereocenters. The van der Waals surface area contributed by atoms with Gasteiger partial charge in [0.05, 0.1) is 10.4 Å². The molecule has 1 aromatic heterocycles. The quantitative estimate of drug-likeness (QED) is 0.751. The standard InChI is InChI=1S/C21H29N3O5S/c1-2-24-18-8-7-17(14-19(18)29-21(24)26)30(27,28)23-11-9-15(10-12-23)13-20(25)22-16-5-3-4-6-16/h7-8,14-16H,2-6,9-13H2,1H3,(H,22,25). The first-order chi connectivity index (χ1) is 14.4. The van der Waals surface area contributed by atoms with Crippen LogP contribution in [0.3, 0.4) is 0 Å². The third kappa shape index (κ3) is 4.18. The van der Waals surface area contributed by atoms with Gasteiger partial charge in [-0.05, 0) is 50.7 Å². The van der Waals surface area contributed by atoms with Gasteiger partial charge in [-0.25, -0.2) is 13.2 Å². The highest BCUT2D eigenvalue weighted by molar-refractivity contribution is 7.89. The molecule has 0 radical (unpaired) electrons. The second-order valence-electron chi connectivity index (χ2n) is 8.34. The highest BCUT2D eigenvalue weighted by atomic mass is 32.2. The van der Waals surface area contributed by atoms with E-state index in [2.05, 4.69) is 5.32 Å². The minimum atomic E-state index is -3.67.